The Bertz CT molecular complexity index is 335. The van der Waals surface area contributed by atoms with Gasteiger partial charge in [-0.1, -0.05) is 103 Å². The molecule has 0 fully saturated rings. The standard InChI is InChI=1S/C28H59NO2/c1-4-5-22-27(2)29(24-19-15-11-7-6-8-13-17-21-26-30)25-20-16-12-9-10-14-18-23-28(3)31/h27-28,30-31H,4-26H2,1-3H3/t27-,28-/m1/s1. The van der Waals surface area contributed by atoms with Gasteiger partial charge >= 0.3 is 0 Å². The molecule has 0 aromatic heterocycles. The van der Waals surface area contributed by atoms with Crippen LogP contribution in [0.4, 0.5) is 0 Å². The van der Waals surface area contributed by atoms with E-state index in [9.17, 15) is 5.11 Å². The largest absolute Gasteiger partial charge is 0.396 e. The molecule has 0 bridgehead atoms. The molecule has 31 heavy (non-hydrogen) atoms. The number of unbranched alkanes of at least 4 members (excludes halogenated alkanes) is 15. The van der Waals surface area contributed by atoms with Crippen LogP contribution in [0.5, 0.6) is 0 Å². The zero-order valence-corrected chi connectivity index (χ0v) is 21.8. The van der Waals surface area contributed by atoms with Crippen molar-refractivity contribution in [1.82, 2.24) is 4.90 Å². The van der Waals surface area contributed by atoms with Crippen molar-refractivity contribution in [2.24, 2.45) is 0 Å². The van der Waals surface area contributed by atoms with Gasteiger partial charge in [-0.05, 0) is 59.0 Å². The van der Waals surface area contributed by atoms with E-state index in [1.807, 2.05) is 6.92 Å². The minimum atomic E-state index is -0.122. The Kier molecular flexibility index (Phi) is 24.4. The first-order valence-electron chi connectivity index (χ1n) is 14.1. The van der Waals surface area contributed by atoms with Crippen LogP contribution in [0.25, 0.3) is 0 Å². The Labute approximate surface area is 196 Å². The van der Waals surface area contributed by atoms with Crippen LogP contribution in [-0.4, -0.2) is 47.0 Å². The summed E-state index contributed by atoms with van der Waals surface area (Å²) in [6.07, 6.45) is 25.9. The molecule has 0 saturated carbocycles. The summed E-state index contributed by atoms with van der Waals surface area (Å²) >= 11 is 0. The lowest BCUT2D eigenvalue weighted by molar-refractivity contribution is 0.180. The van der Waals surface area contributed by atoms with Crippen molar-refractivity contribution in [2.75, 3.05) is 19.7 Å². The summed E-state index contributed by atoms with van der Waals surface area (Å²) < 4.78 is 0. The number of nitrogens with zero attached hydrogens (tertiary/aromatic N) is 1. The van der Waals surface area contributed by atoms with Gasteiger partial charge in [0.15, 0.2) is 0 Å². The van der Waals surface area contributed by atoms with Gasteiger partial charge in [0.2, 0.25) is 0 Å². The van der Waals surface area contributed by atoms with E-state index < -0.39 is 0 Å². The quantitative estimate of drug-likeness (QED) is 0.142. The van der Waals surface area contributed by atoms with Crippen molar-refractivity contribution < 1.29 is 10.2 Å². The molecule has 0 aliphatic heterocycles. The van der Waals surface area contributed by atoms with Crippen molar-refractivity contribution in [2.45, 2.75) is 161 Å². The van der Waals surface area contributed by atoms with E-state index in [0.717, 1.165) is 18.9 Å². The Morgan fingerprint density at radius 3 is 1.39 bits per heavy atom. The van der Waals surface area contributed by atoms with E-state index >= 15 is 0 Å². The molecule has 0 heterocycles. The van der Waals surface area contributed by atoms with Gasteiger partial charge in [0, 0.05) is 12.6 Å². The second-order valence-corrected chi connectivity index (χ2v) is 10.0. The molecule has 0 unspecified atom stereocenters. The van der Waals surface area contributed by atoms with Gasteiger partial charge in [0.25, 0.3) is 0 Å². The summed E-state index contributed by atoms with van der Waals surface area (Å²) in [6.45, 7) is 9.60. The Hall–Kier alpha value is -0.120. The second-order valence-electron chi connectivity index (χ2n) is 10.0. The maximum absolute atomic E-state index is 9.32. The predicted octanol–water partition coefficient (Wildman–Crippen LogP) is 7.87. The van der Waals surface area contributed by atoms with Gasteiger partial charge in [0.05, 0.1) is 6.10 Å². The molecule has 188 valence electrons. The van der Waals surface area contributed by atoms with E-state index in [-0.39, 0.29) is 6.10 Å². The number of hydrogen-bond donors (Lipinski definition) is 2. The third-order valence-corrected chi connectivity index (χ3v) is 6.77. The van der Waals surface area contributed by atoms with Crippen molar-refractivity contribution in [3.63, 3.8) is 0 Å². The van der Waals surface area contributed by atoms with Gasteiger partial charge in [-0.15, -0.1) is 0 Å². The first-order valence-corrected chi connectivity index (χ1v) is 14.1. The van der Waals surface area contributed by atoms with Gasteiger partial charge in [-0.25, -0.2) is 0 Å². The summed E-state index contributed by atoms with van der Waals surface area (Å²) in [5.41, 5.74) is 0. The average molecular weight is 442 g/mol. The number of aliphatic hydroxyl groups is 2. The van der Waals surface area contributed by atoms with Gasteiger partial charge in [-0.3, -0.25) is 0 Å². The summed E-state index contributed by atoms with van der Waals surface area (Å²) in [5, 5.41) is 18.1. The maximum Gasteiger partial charge on any atom is 0.0512 e. The molecule has 0 aliphatic carbocycles. The Balaban J connectivity index is 3.81. The molecule has 0 aliphatic rings. The van der Waals surface area contributed by atoms with Crippen LogP contribution in [0.3, 0.4) is 0 Å². The molecule has 0 rings (SSSR count). The SMILES string of the molecule is CCCC[C@@H](C)N(CCCCCCCCCCCO)CCCCCCCCC[C@@H](C)O. The van der Waals surface area contributed by atoms with Gasteiger partial charge in [0.1, 0.15) is 0 Å². The zero-order chi connectivity index (χ0) is 23.0. The molecule has 0 radical (unpaired) electrons. The van der Waals surface area contributed by atoms with Crippen LogP contribution < -0.4 is 0 Å². The highest BCUT2D eigenvalue weighted by Gasteiger charge is 2.12. The van der Waals surface area contributed by atoms with E-state index in [1.165, 1.54) is 129 Å². The summed E-state index contributed by atoms with van der Waals surface area (Å²) in [6, 6.07) is 0.743. The second kappa shape index (κ2) is 24.5. The van der Waals surface area contributed by atoms with Crippen LogP contribution >= 0.6 is 0 Å². The number of aliphatic hydroxyl groups excluding tert-OH is 2. The van der Waals surface area contributed by atoms with Crippen LogP contribution in [0.2, 0.25) is 0 Å². The summed E-state index contributed by atoms with van der Waals surface area (Å²) in [4.78, 5) is 2.78. The molecular weight excluding hydrogens is 382 g/mol. The molecule has 2 atom stereocenters. The summed E-state index contributed by atoms with van der Waals surface area (Å²) in [5.74, 6) is 0. The lowest BCUT2D eigenvalue weighted by atomic mass is 10.0. The highest BCUT2D eigenvalue weighted by molar-refractivity contribution is 4.68. The molecule has 0 aromatic carbocycles. The lowest BCUT2D eigenvalue weighted by Gasteiger charge is -2.29. The van der Waals surface area contributed by atoms with Crippen LogP contribution in [0, 0.1) is 0 Å². The van der Waals surface area contributed by atoms with Crippen LogP contribution in [0.15, 0.2) is 0 Å². The van der Waals surface area contributed by atoms with Crippen molar-refractivity contribution in [1.29, 1.82) is 0 Å². The predicted molar refractivity (Wildman–Crippen MR) is 138 cm³/mol. The Morgan fingerprint density at radius 2 is 0.968 bits per heavy atom. The van der Waals surface area contributed by atoms with E-state index in [2.05, 4.69) is 18.7 Å². The van der Waals surface area contributed by atoms with E-state index in [0.29, 0.717) is 6.61 Å². The van der Waals surface area contributed by atoms with E-state index in [4.69, 9.17) is 5.11 Å². The van der Waals surface area contributed by atoms with Crippen LogP contribution in [0.1, 0.15) is 149 Å². The normalized spacial score (nSPS) is 13.7. The molecular formula is C28H59NO2. The zero-order valence-electron chi connectivity index (χ0n) is 21.8. The van der Waals surface area contributed by atoms with Crippen molar-refractivity contribution in [3.8, 4) is 0 Å². The molecule has 3 heteroatoms. The minimum Gasteiger partial charge on any atom is -0.396 e. The Morgan fingerprint density at radius 1 is 0.548 bits per heavy atom. The highest BCUT2D eigenvalue weighted by atomic mass is 16.3. The smallest absolute Gasteiger partial charge is 0.0512 e. The monoisotopic (exact) mass is 441 g/mol. The molecule has 3 nitrogen and oxygen atoms in total. The van der Waals surface area contributed by atoms with Gasteiger partial charge in [-0.2, -0.15) is 0 Å². The molecule has 0 spiro atoms. The molecule has 0 aromatic rings. The molecule has 0 saturated heterocycles. The fraction of sp³-hybridized carbons (Fsp3) is 1.00. The van der Waals surface area contributed by atoms with E-state index in [1.54, 1.807) is 0 Å². The lowest BCUT2D eigenvalue weighted by Crippen LogP contribution is -2.35. The number of rotatable bonds is 25. The fourth-order valence-corrected chi connectivity index (χ4v) is 4.54. The van der Waals surface area contributed by atoms with Gasteiger partial charge < -0.3 is 15.1 Å². The molecule has 0 amide bonds. The third kappa shape index (κ3) is 22.9. The van der Waals surface area contributed by atoms with Crippen molar-refractivity contribution in [3.05, 3.63) is 0 Å². The first-order chi connectivity index (χ1) is 15.1. The highest BCUT2D eigenvalue weighted by Crippen LogP contribution is 2.15. The number of hydrogen-bond acceptors (Lipinski definition) is 3. The third-order valence-electron chi connectivity index (χ3n) is 6.77. The first kappa shape index (κ1) is 30.9. The van der Waals surface area contributed by atoms with Crippen molar-refractivity contribution >= 4 is 0 Å². The minimum absolute atomic E-state index is 0.122. The fourth-order valence-electron chi connectivity index (χ4n) is 4.54. The summed E-state index contributed by atoms with van der Waals surface area (Å²) in [7, 11) is 0. The average Bonchev–Trinajstić information content (AvgIpc) is 2.75. The van der Waals surface area contributed by atoms with Crippen LogP contribution in [-0.2, 0) is 0 Å². The molecule has 2 N–H and O–H groups in total. The maximum atomic E-state index is 9.32. The topological polar surface area (TPSA) is 43.7 Å².